The Morgan fingerprint density at radius 3 is 3.05 bits per heavy atom. The van der Waals surface area contributed by atoms with Crippen LogP contribution in [0.15, 0.2) is 22.8 Å². The van der Waals surface area contributed by atoms with E-state index in [2.05, 4.69) is 20.6 Å². The van der Waals surface area contributed by atoms with E-state index in [1.165, 1.54) is 29.4 Å². The third kappa shape index (κ3) is 3.65. The van der Waals surface area contributed by atoms with E-state index in [4.69, 9.17) is 0 Å². The average molecular weight is 296 g/mol. The fourth-order valence-electron chi connectivity index (χ4n) is 1.37. The van der Waals surface area contributed by atoms with Gasteiger partial charge >= 0.3 is 6.03 Å². The molecule has 2 aromatic heterocycles. The predicted molar refractivity (Wildman–Crippen MR) is 75.4 cm³/mol. The van der Waals surface area contributed by atoms with Crippen molar-refractivity contribution in [3.63, 3.8) is 0 Å². The summed E-state index contributed by atoms with van der Waals surface area (Å²) in [6.45, 7) is 2.27. The highest BCUT2D eigenvalue weighted by Crippen LogP contribution is 2.28. The van der Waals surface area contributed by atoms with E-state index in [1.807, 2.05) is 11.4 Å². The van der Waals surface area contributed by atoms with Gasteiger partial charge in [-0.1, -0.05) is 11.8 Å². The summed E-state index contributed by atoms with van der Waals surface area (Å²) in [7, 11) is 0. The van der Waals surface area contributed by atoms with E-state index >= 15 is 0 Å². The third-order valence-electron chi connectivity index (χ3n) is 2.14. The number of urea groups is 1. The van der Waals surface area contributed by atoms with Crippen LogP contribution in [-0.2, 0) is 4.79 Å². The quantitative estimate of drug-likeness (QED) is 0.662. The molecule has 3 amide bonds. The number of hydrogen-bond donors (Lipinski definition) is 2. The van der Waals surface area contributed by atoms with Gasteiger partial charge in [0.2, 0.25) is 5.91 Å². The fourth-order valence-corrected chi connectivity index (χ4v) is 3.12. The first-order valence-corrected chi connectivity index (χ1v) is 7.46. The molecule has 0 spiro atoms. The summed E-state index contributed by atoms with van der Waals surface area (Å²) in [4.78, 5) is 31.0. The Morgan fingerprint density at radius 1 is 1.42 bits per heavy atom. The molecule has 0 aliphatic carbocycles. The molecule has 0 atom stereocenters. The molecule has 2 aromatic rings. The zero-order valence-corrected chi connectivity index (χ0v) is 11.8. The number of fused-ring (bicyclic) bond motifs is 1. The van der Waals surface area contributed by atoms with Crippen molar-refractivity contribution in [3.8, 4) is 0 Å². The standard InChI is InChI=1S/C11H12N4O2S2/c1-2-12-11(17)15-8(16)5-19-10-9-7(3-4-18-9)13-6-14-10/h3-4,6H,2,5H2,1H3,(H2,12,15,16,17). The number of hydrogen-bond acceptors (Lipinski definition) is 6. The number of nitrogens with one attached hydrogen (secondary N) is 2. The minimum Gasteiger partial charge on any atom is -0.338 e. The molecule has 0 bridgehead atoms. The average Bonchev–Trinajstić information content (AvgIpc) is 2.85. The van der Waals surface area contributed by atoms with Gasteiger partial charge in [-0.05, 0) is 18.4 Å². The molecule has 0 fully saturated rings. The lowest BCUT2D eigenvalue weighted by atomic mass is 10.5. The number of nitrogens with zero attached hydrogens (tertiary/aromatic N) is 2. The van der Waals surface area contributed by atoms with Crippen LogP contribution in [0.3, 0.4) is 0 Å². The van der Waals surface area contributed by atoms with Crippen molar-refractivity contribution in [1.29, 1.82) is 0 Å². The SMILES string of the molecule is CCNC(=O)NC(=O)CSc1ncnc2ccsc12. The van der Waals surface area contributed by atoms with Crippen molar-refractivity contribution >= 4 is 45.3 Å². The number of aromatic nitrogens is 2. The van der Waals surface area contributed by atoms with Gasteiger partial charge in [-0.2, -0.15) is 0 Å². The molecule has 0 unspecified atom stereocenters. The molecule has 0 saturated carbocycles. The number of rotatable bonds is 4. The van der Waals surface area contributed by atoms with Gasteiger partial charge < -0.3 is 5.32 Å². The number of imide groups is 1. The summed E-state index contributed by atoms with van der Waals surface area (Å²) in [6, 6.07) is 1.43. The second-order valence-electron chi connectivity index (χ2n) is 3.51. The zero-order valence-electron chi connectivity index (χ0n) is 10.2. The molecule has 8 heteroatoms. The lowest BCUT2D eigenvalue weighted by Crippen LogP contribution is -2.40. The van der Waals surface area contributed by atoms with Crippen LogP contribution in [0.25, 0.3) is 10.2 Å². The molecule has 0 aliphatic heterocycles. The zero-order chi connectivity index (χ0) is 13.7. The molecule has 6 nitrogen and oxygen atoms in total. The predicted octanol–water partition coefficient (Wildman–Crippen LogP) is 1.63. The lowest BCUT2D eigenvalue weighted by Gasteiger charge is -2.04. The second kappa shape index (κ2) is 6.48. The summed E-state index contributed by atoms with van der Waals surface area (Å²) in [6.07, 6.45) is 1.47. The van der Waals surface area contributed by atoms with Gasteiger partial charge in [-0.15, -0.1) is 11.3 Å². The molecule has 2 heterocycles. The van der Waals surface area contributed by atoms with Gasteiger partial charge in [0.15, 0.2) is 0 Å². The van der Waals surface area contributed by atoms with Crippen LogP contribution in [0.1, 0.15) is 6.92 Å². The monoisotopic (exact) mass is 296 g/mol. The fraction of sp³-hybridized carbons (Fsp3) is 0.273. The van der Waals surface area contributed by atoms with Crippen molar-refractivity contribution < 1.29 is 9.59 Å². The van der Waals surface area contributed by atoms with Gasteiger partial charge in [0.05, 0.1) is 16.0 Å². The smallest absolute Gasteiger partial charge is 0.321 e. The van der Waals surface area contributed by atoms with Gasteiger partial charge in [-0.3, -0.25) is 10.1 Å². The molecule has 0 aliphatic rings. The number of carbonyl (C=O) groups is 2. The maximum atomic E-state index is 11.5. The number of thiophene rings is 1. The van der Waals surface area contributed by atoms with Crippen LogP contribution in [0.2, 0.25) is 0 Å². The maximum absolute atomic E-state index is 11.5. The molecule has 100 valence electrons. The minimum absolute atomic E-state index is 0.140. The Labute approximate surface area is 118 Å². The van der Waals surface area contributed by atoms with E-state index in [-0.39, 0.29) is 11.7 Å². The van der Waals surface area contributed by atoms with Gasteiger partial charge in [0.25, 0.3) is 0 Å². The highest BCUT2D eigenvalue weighted by atomic mass is 32.2. The van der Waals surface area contributed by atoms with E-state index in [0.29, 0.717) is 6.54 Å². The Bertz CT molecular complexity index is 599. The highest BCUT2D eigenvalue weighted by Gasteiger charge is 2.10. The largest absolute Gasteiger partial charge is 0.338 e. The first-order chi connectivity index (χ1) is 9.20. The van der Waals surface area contributed by atoms with Crippen molar-refractivity contribution in [1.82, 2.24) is 20.6 Å². The Kier molecular flexibility index (Phi) is 4.69. The van der Waals surface area contributed by atoms with E-state index in [0.717, 1.165) is 15.2 Å². The van der Waals surface area contributed by atoms with Crippen LogP contribution in [0, 0.1) is 0 Å². The summed E-state index contributed by atoms with van der Waals surface area (Å²) in [5.41, 5.74) is 0.867. The Morgan fingerprint density at radius 2 is 2.26 bits per heavy atom. The first kappa shape index (κ1) is 13.8. The molecular formula is C11H12N4O2S2. The first-order valence-electron chi connectivity index (χ1n) is 5.59. The summed E-state index contributed by atoms with van der Waals surface area (Å²) in [5.74, 6) is -0.208. The second-order valence-corrected chi connectivity index (χ2v) is 5.39. The van der Waals surface area contributed by atoms with Gasteiger partial charge in [-0.25, -0.2) is 14.8 Å². The topological polar surface area (TPSA) is 84.0 Å². The number of carbonyl (C=O) groups excluding carboxylic acids is 2. The number of thioether (sulfide) groups is 1. The van der Waals surface area contributed by atoms with E-state index in [1.54, 1.807) is 6.92 Å². The van der Waals surface area contributed by atoms with Crippen molar-refractivity contribution in [3.05, 3.63) is 17.8 Å². The molecular weight excluding hydrogens is 284 g/mol. The molecule has 2 N–H and O–H groups in total. The molecule has 0 radical (unpaired) electrons. The summed E-state index contributed by atoms with van der Waals surface area (Å²) in [5, 5.41) is 7.42. The molecule has 19 heavy (non-hydrogen) atoms. The Hall–Kier alpha value is -1.67. The molecule has 2 rings (SSSR count). The number of amides is 3. The Balaban J connectivity index is 1.93. The molecule has 0 aromatic carbocycles. The third-order valence-corrected chi connectivity index (χ3v) is 4.17. The van der Waals surface area contributed by atoms with Crippen LogP contribution < -0.4 is 10.6 Å². The minimum atomic E-state index is -0.475. The van der Waals surface area contributed by atoms with Gasteiger partial charge in [0, 0.05) is 6.54 Å². The highest BCUT2D eigenvalue weighted by molar-refractivity contribution is 8.00. The van der Waals surface area contributed by atoms with Crippen molar-refractivity contribution in [2.75, 3.05) is 12.3 Å². The normalized spacial score (nSPS) is 10.4. The van der Waals surface area contributed by atoms with Crippen molar-refractivity contribution in [2.45, 2.75) is 11.9 Å². The van der Waals surface area contributed by atoms with Crippen molar-refractivity contribution in [2.24, 2.45) is 0 Å². The van der Waals surface area contributed by atoms with Crippen LogP contribution in [0.5, 0.6) is 0 Å². The van der Waals surface area contributed by atoms with Crippen LogP contribution in [0.4, 0.5) is 4.79 Å². The van der Waals surface area contributed by atoms with Crippen LogP contribution in [-0.4, -0.2) is 34.2 Å². The van der Waals surface area contributed by atoms with E-state index < -0.39 is 6.03 Å². The van der Waals surface area contributed by atoms with E-state index in [9.17, 15) is 9.59 Å². The van der Waals surface area contributed by atoms with Gasteiger partial charge in [0.1, 0.15) is 11.4 Å². The lowest BCUT2D eigenvalue weighted by molar-refractivity contribution is -0.117. The van der Waals surface area contributed by atoms with Crippen LogP contribution >= 0.6 is 23.1 Å². The molecule has 0 saturated heterocycles. The maximum Gasteiger partial charge on any atom is 0.321 e. The summed E-state index contributed by atoms with van der Waals surface area (Å²) < 4.78 is 0.957. The summed E-state index contributed by atoms with van der Waals surface area (Å²) >= 11 is 2.82.